The van der Waals surface area contributed by atoms with Gasteiger partial charge in [0.2, 0.25) is 22.8 Å². The highest BCUT2D eigenvalue weighted by Gasteiger charge is 2.34. The monoisotopic (exact) mass is 520 g/mol. The largest absolute Gasteiger partial charge is 0.339 e. The summed E-state index contributed by atoms with van der Waals surface area (Å²) >= 11 is 2.59. The third kappa shape index (κ3) is 5.19. The second-order valence-electron chi connectivity index (χ2n) is 7.96. The number of nitrogens with zero attached hydrogens (tertiary/aromatic N) is 5. The van der Waals surface area contributed by atoms with Crippen LogP contribution in [0.15, 0.2) is 57.4 Å². The van der Waals surface area contributed by atoms with Crippen molar-refractivity contribution in [3.8, 4) is 11.4 Å². The lowest BCUT2D eigenvalue weighted by Gasteiger charge is -2.12. The van der Waals surface area contributed by atoms with Crippen LogP contribution >= 0.6 is 23.1 Å². The van der Waals surface area contributed by atoms with E-state index in [1.165, 1.54) is 28.0 Å². The summed E-state index contributed by atoms with van der Waals surface area (Å²) in [7, 11) is 0. The SMILES string of the molecule is Cc1ccc(-c2noc(CCC(=O)Nc3nnc(SCCN4C(=O)c5ccccc5C4=O)s3)n2)cc1. The molecule has 182 valence electrons. The molecule has 0 saturated carbocycles. The van der Waals surface area contributed by atoms with Crippen LogP contribution < -0.4 is 5.32 Å². The average molecular weight is 521 g/mol. The van der Waals surface area contributed by atoms with Gasteiger partial charge in [0.05, 0.1) is 11.1 Å². The number of hydrogen-bond acceptors (Lipinski definition) is 10. The van der Waals surface area contributed by atoms with Gasteiger partial charge in [-0.2, -0.15) is 4.98 Å². The fourth-order valence-corrected chi connectivity index (χ4v) is 5.33. The van der Waals surface area contributed by atoms with Gasteiger partial charge in [-0.05, 0) is 19.1 Å². The van der Waals surface area contributed by atoms with Gasteiger partial charge in [-0.3, -0.25) is 19.3 Å². The molecule has 0 spiro atoms. The quantitative estimate of drug-likeness (QED) is 0.198. The molecule has 1 aliphatic rings. The molecule has 3 amide bonds. The van der Waals surface area contributed by atoms with E-state index in [1.54, 1.807) is 24.3 Å². The summed E-state index contributed by atoms with van der Waals surface area (Å²) < 4.78 is 5.88. The lowest BCUT2D eigenvalue weighted by atomic mass is 10.1. The van der Waals surface area contributed by atoms with E-state index in [0.29, 0.717) is 44.5 Å². The molecule has 4 aromatic rings. The number of anilines is 1. The third-order valence-electron chi connectivity index (χ3n) is 5.42. The predicted octanol–water partition coefficient (Wildman–Crippen LogP) is 3.86. The van der Waals surface area contributed by atoms with E-state index in [-0.39, 0.29) is 30.7 Å². The number of benzene rings is 2. The molecule has 0 unspecified atom stereocenters. The van der Waals surface area contributed by atoms with E-state index >= 15 is 0 Å². The summed E-state index contributed by atoms with van der Waals surface area (Å²) in [5.74, 6) is 0.514. The number of imide groups is 1. The van der Waals surface area contributed by atoms with Gasteiger partial charge in [0.15, 0.2) is 4.34 Å². The molecular formula is C24H20N6O4S2. The minimum atomic E-state index is -0.284. The van der Waals surface area contributed by atoms with Crippen molar-refractivity contribution in [3.05, 3.63) is 71.1 Å². The van der Waals surface area contributed by atoms with Gasteiger partial charge in [0.25, 0.3) is 11.8 Å². The molecule has 1 aliphatic heterocycles. The van der Waals surface area contributed by atoms with Crippen molar-refractivity contribution in [1.29, 1.82) is 0 Å². The van der Waals surface area contributed by atoms with E-state index in [2.05, 4.69) is 25.7 Å². The van der Waals surface area contributed by atoms with Crippen molar-refractivity contribution in [2.45, 2.75) is 24.1 Å². The normalized spacial score (nSPS) is 12.8. The number of thioether (sulfide) groups is 1. The zero-order valence-electron chi connectivity index (χ0n) is 19.1. The van der Waals surface area contributed by atoms with Crippen LogP contribution in [-0.4, -0.2) is 55.3 Å². The first-order chi connectivity index (χ1) is 17.5. The van der Waals surface area contributed by atoms with Gasteiger partial charge in [-0.15, -0.1) is 10.2 Å². The van der Waals surface area contributed by atoms with Crippen molar-refractivity contribution in [2.24, 2.45) is 0 Å². The van der Waals surface area contributed by atoms with Gasteiger partial charge >= 0.3 is 0 Å². The molecule has 0 fully saturated rings. The number of nitrogens with one attached hydrogen (secondary N) is 1. The van der Waals surface area contributed by atoms with Crippen molar-refractivity contribution in [3.63, 3.8) is 0 Å². The Labute approximate surface area is 214 Å². The van der Waals surface area contributed by atoms with Crippen LogP contribution in [0.3, 0.4) is 0 Å². The van der Waals surface area contributed by atoms with Crippen LogP contribution in [0.4, 0.5) is 5.13 Å². The molecule has 0 saturated heterocycles. The molecule has 2 aromatic heterocycles. The van der Waals surface area contributed by atoms with E-state index in [0.717, 1.165) is 11.1 Å². The minimum absolute atomic E-state index is 0.150. The summed E-state index contributed by atoms with van der Waals surface area (Å²) in [5, 5.41) is 15.1. The topological polar surface area (TPSA) is 131 Å². The zero-order chi connectivity index (χ0) is 25.1. The Hall–Kier alpha value is -3.90. The second kappa shape index (κ2) is 10.4. The lowest BCUT2D eigenvalue weighted by molar-refractivity contribution is -0.116. The molecule has 5 rings (SSSR count). The van der Waals surface area contributed by atoms with Crippen LogP contribution in [0.25, 0.3) is 11.4 Å². The summed E-state index contributed by atoms with van der Waals surface area (Å²) in [6.45, 7) is 2.26. The Balaban J connectivity index is 1.07. The first-order valence-corrected chi connectivity index (χ1v) is 12.9. The number of aromatic nitrogens is 4. The molecule has 36 heavy (non-hydrogen) atoms. The Bertz CT molecular complexity index is 1400. The van der Waals surface area contributed by atoms with Crippen LogP contribution in [0, 0.1) is 6.92 Å². The molecule has 2 aromatic carbocycles. The maximum absolute atomic E-state index is 12.4. The highest BCUT2D eigenvalue weighted by molar-refractivity contribution is 8.01. The number of carbonyl (C=O) groups excluding carboxylic acids is 3. The maximum atomic E-state index is 12.4. The number of carbonyl (C=O) groups is 3. The zero-order valence-corrected chi connectivity index (χ0v) is 20.8. The third-order valence-corrected chi connectivity index (χ3v) is 7.37. The highest BCUT2D eigenvalue weighted by atomic mass is 32.2. The van der Waals surface area contributed by atoms with E-state index in [9.17, 15) is 14.4 Å². The fourth-order valence-electron chi connectivity index (χ4n) is 3.56. The minimum Gasteiger partial charge on any atom is -0.339 e. The standard InChI is InChI=1S/C24H20N6O4S2/c1-14-6-8-15(9-7-14)20-26-19(34-29-20)11-10-18(31)25-23-27-28-24(36-23)35-13-12-30-21(32)16-4-2-3-5-17(16)22(30)33/h2-9H,10-13H2,1H3,(H,25,27,31). The van der Waals surface area contributed by atoms with E-state index < -0.39 is 0 Å². The van der Waals surface area contributed by atoms with Crippen LogP contribution in [0.5, 0.6) is 0 Å². The molecule has 12 heteroatoms. The summed E-state index contributed by atoms with van der Waals surface area (Å²) in [6, 6.07) is 14.6. The highest BCUT2D eigenvalue weighted by Crippen LogP contribution is 2.27. The molecule has 0 radical (unpaired) electrons. The van der Waals surface area contributed by atoms with Crippen LogP contribution in [0.2, 0.25) is 0 Å². The fraction of sp³-hybridized carbons (Fsp3) is 0.208. The Morgan fingerprint density at radius 1 is 1.06 bits per heavy atom. The second-order valence-corrected chi connectivity index (χ2v) is 10.3. The molecule has 0 bridgehead atoms. The van der Waals surface area contributed by atoms with Crippen molar-refractivity contribution in [1.82, 2.24) is 25.2 Å². The Morgan fingerprint density at radius 2 is 1.78 bits per heavy atom. The average Bonchev–Trinajstić information content (AvgIpc) is 3.59. The number of fused-ring (bicyclic) bond motifs is 1. The molecule has 10 nitrogen and oxygen atoms in total. The number of hydrogen-bond donors (Lipinski definition) is 1. The Kier molecular flexibility index (Phi) is 6.87. The Morgan fingerprint density at radius 3 is 2.50 bits per heavy atom. The van der Waals surface area contributed by atoms with Crippen molar-refractivity contribution >= 4 is 46.0 Å². The van der Waals surface area contributed by atoms with Gasteiger partial charge in [-0.25, -0.2) is 0 Å². The molecule has 1 N–H and O–H groups in total. The van der Waals surface area contributed by atoms with Crippen LogP contribution in [-0.2, 0) is 11.2 Å². The first-order valence-electron chi connectivity index (χ1n) is 11.1. The summed E-state index contributed by atoms with van der Waals surface area (Å²) in [5.41, 5.74) is 2.85. The van der Waals surface area contributed by atoms with Crippen LogP contribution in [0.1, 0.15) is 38.6 Å². The first kappa shape index (κ1) is 23.8. The summed E-state index contributed by atoms with van der Waals surface area (Å²) in [6.07, 6.45) is 0.447. The van der Waals surface area contributed by atoms with Gasteiger partial charge in [0, 0.05) is 30.7 Å². The number of amides is 3. The van der Waals surface area contributed by atoms with E-state index in [4.69, 9.17) is 4.52 Å². The lowest BCUT2D eigenvalue weighted by Crippen LogP contribution is -2.31. The maximum Gasteiger partial charge on any atom is 0.261 e. The number of aryl methyl sites for hydroxylation is 2. The molecule has 0 aliphatic carbocycles. The molecule has 3 heterocycles. The molecular weight excluding hydrogens is 500 g/mol. The smallest absolute Gasteiger partial charge is 0.261 e. The van der Waals surface area contributed by atoms with Gasteiger partial charge in [-0.1, -0.05) is 70.2 Å². The summed E-state index contributed by atoms with van der Waals surface area (Å²) in [4.78, 5) is 42.8. The molecule has 0 atom stereocenters. The van der Waals surface area contributed by atoms with E-state index in [1.807, 2.05) is 31.2 Å². The van der Waals surface area contributed by atoms with Crippen molar-refractivity contribution in [2.75, 3.05) is 17.6 Å². The number of rotatable bonds is 9. The van der Waals surface area contributed by atoms with Gasteiger partial charge < -0.3 is 9.84 Å². The van der Waals surface area contributed by atoms with Crippen molar-refractivity contribution < 1.29 is 18.9 Å². The van der Waals surface area contributed by atoms with Gasteiger partial charge in [0.1, 0.15) is 0 Å². The predicted molar refractivity (Wildman–Crippen MR) is 134 cm³/mol.